The van der Waals surface area contributed by atoms with E-state index in [0.29, 0.717) is 6.04 Å². The van der Waals surface area contributed by atoms with Crippen molar-refractivity contribution in [1.29, 1.82) is 0 Å². The van der Waals surface area contributed by atoms with Gasteiger partial charge in [0.2, 0.25) is 0 Å². The van der Waals surface area contributed by atoms with E-state index < -0.39 is 0 Å². The van der Waals surface area contributed by atoms with Gasteiger partial charge in [0.05, 0.1) is 19.8 Å². The number of aliphatic imine (C=N–C) groups is 1. The van der Waals surface area contributed by atoms with E-state index in [1.807, 2.05) is 11.8 Å². The molecule has 0 spiro atoms. The molecule has 1 unspecified atom stereocenters. The number of nitrogens with one attached hydrogen (secondary N) is 1. The largest absolute Gasteiger partial charge is 0.379 e. The van der Waals surface area contributed by atoms with Crippen LogP contribution in [0.2, 0.25) is 0 Å². The van der Waals surface area contributed by atoms with Crippen molar-refractivity contribution in [2.24, 2.45) is 4.99 Å². The number of aryl methyl sites for hydroxylation is 1. The quantitative estimate of drug-likeness (QED) is 0.440. The maximum atomic E-state index is 5.49. The Hall–Kier alpha value is -1.24. The lowest BCUT2D eigenvalue weighted by Crippen LogP contribution is -2.46. The normalized spacial score (nSPS) is 21.6. The van der Waals surface area contributed by atoms with Crippen molar-refractivity contribution in [3.05, 3.63) is 35.4 Å². The summed E-state index contributed by atoms with van der Waals surface area (Å²) >= 11 is 1.96. The van der Waals surface area contributed by atoms with Crippen molar-refractivity contribution >= 4 is 17.7 Å². The highest BCUT2D eigenvalue weighted by atomic mass is 32.2. The van der Waals surface area contributed by atoms with Gasteiger partial charge in [0, 0.05) is 50.3 Å². The van der Waals surface area contributed by atoms with Crippen LogP contribution in [-0.4, -0.2) is 80.0 Å². The first kappa shape index (κ1) is 20.5. The molecule has 2 heterocycles. The van der Waals surface area contributed by atoms with Gasteiger partial charge in [-0.3, -0.25) is 9.89 Å². The van der Waals surface area contributed by atoms with Crippen LogP contribution in [0.5, 0.6) is 0 Å². The van der Waals surface area contributed by atoms with Crippen LogP contribution >= 0.6 is 11.8 Å². The Morgan fingerprint density at radius 2 is 2.00 bits per heavy atom. The van der Waals surface area contributed by atoms with Crippen LogP contribution in [0.4, 0.5) is 0 Å². The summed E-state index contributed by atoms with van der Waals surface area (Å²) in [4.78, 5) is 9.91. The minimum Gasteiger partial charge on any atom is -0.379 e. The van der Waals surface area contributed by atoms with Crippen LogP contribution < -0.4 is 5.32 Å². The van der Waals surface area contributed by atoms with Crippen molar-refractivity contribution in [3.8, 4) is 0 Å². The fourth-order valence-corrected chi connectivity index (χ4v) is 4.48. The summed E-state index contributed by atoms with van der Waals surface area (Å²) in [5.74, 6) is 3.21. The number of benzene rings is 1. The molecule has 2 aliphatic heterocycles. The highest BCUT2D eigenvalue weighted by Crippen LogP contribution is 2.17. The molecule has 6 heteroatoms. The summed E-state index contributed by atoms with van der Waals surface area (Å²) in [5, 5.41) is 3.49. The van der Waals surface area contributed by atoms with E-state index in [0.717, 1.165) is 69.9 Å². The third-order valence-electron chi connectivity index (χ3n) is 5.25. The minimum absolute atomic E-state index is 0.647. The maximum absolute atomic E-state index is 5.49. The highest BCUT2D eigenvalue weighted by Gasteiger charge is 2.30. The van der Waals surface area contributed by atoms with Crippen LogP contribution in [0.3, 0.4) is 0 Å². The average molecular weight is 391 g/mol. The highest BCUT2D eigenvalue weighted by molar-refractivity contribution is 7.98. The Morgan fingerprint density at radius 3 is 2.74 bits per heavy atom. The third-order valence-corrected chi connectivity index (χ3v) is 6.26. The van der Waals surface area contributed by atoms with Crippen LogP contribution in [-0.2, 0) is 10.5 Å². The molecule has 1 atom stereocenters. The zero-order chi connectivity index (χ0) is 18.9. The molecule has 2 aliphatic rings. The number of nitrogens with zero attached hydrogens (tertiary/aromatic N) is 3. The van der Waals surface area contributed by atoms with E-state index in [1.54, 1.807) is 0 Å². The van der Waals surface area contributed by atoms with Crippen LogP contribution in [0.15, 0.2) is 29.3 Å². The molecule has 150 valence electrons. The molecular weight excluding hydrogens is 356 g/mol. The van der Waals surface area contributed by atoms with E-state index in [1.165, 1.54) is 17.5 Å². The van der Waals surface area contributed by atoms with E-state index in [2.05, 4.69) is 53.2 Å². The average Bonchev–Trinajstić information content (AvgIpc) is 3.19. The summed E-state index contributed by atoms with van der Waals surface area (Å²) in [7, 11) is 0. The molecule has 0 amide bonds. The molecule has 1 aromatic rings. The van der Waals surface area contributed by atoms with Crippen LogP contribution in [0, 0.1) is 6.92 Å². The number of hydrogen-bond donors (Lipinski definition) is 1. The summed E-state index contributed by atoms with van der Waals surface area (Å²) in [6.07, 6.45) is 1.23. The first-order valence-corrected chi connectivity index (χ1v) is 11.4. The standard InChI is InChI=1S/C21H34N4OS/c1-3-22-21(23-9-15-27-17-19-6-4-18(2)5-7-19)25-10-8-20(16-25)24-11-13-26-14-12-24/h4-7,20H,3,8-17H2,1-2H3,(H,22,23). The summed E-state index contributed by atoms with van der Waals surface area (Å²) in [5.41, 5.74) is 2.72. The Kier molecular flexibility index (Phi) is 8.30. The fraction of sp³-hybridized carbons (Fsp3) is 0.667. The van der Waals surface area contributed by atoms with Crippen molar-refractivity contribution in [2.75, 3.05) is 58.2 Å². The fourth-order valence-electron chi connectivity index (χ4n) is 3.69. The molecule has 0 aromatic heterocycles. The number of morpholine rings is 1. The zero-order valence-corrected chi connectivity index (χ0v) is 17.6. The van der Waals surface area contributed by atoms with Gasteiger partial charge in [0.1, 0.15) is 0 Å². The van der Waals surface area contributed by atoms with Gasteiger partial charge in [-0.05, 0) is 25.8 Å². The number of likely N-dealkylation sites (tertiary alicyclic amines) is 1. The predicted molar refractivity (Wildman–Crippen MR) is 116 cm³/mol. The Balaban J connectivity index is 1.43. The van der Waals surface area contributed by atoms with Gasteiger partial charge >= 0.3 is 0 Å². The molecule has 3 rings (SSSR count). The molecule has 0 aliphatic carbocycles. The molecule has 27 heavy (non-hydrogen) atoms. The smallest absolute Gasteiger partial charge is 0.193 e. The number of hydrogen-bond acceptors (Lipinski definition) is 4. The van der Waals surface area contributed by atoms with Crippen LogP contribution in [0.25, 0.3) is 0 Å². The molecule has 2 saturated heterocycles. The number of thioether (sulfide) groups is 1. The van der Waals surface area contributed by atoms with Crippen LogP contribution in [0.1, 0.15) is 24.5 Å². The topological polar surface area (TPSA) is 40.1 Å². The van der Waals surface area contributed by atoms with Crippen molar-refractivity contribution in [1.82, 2.24) is 15.1 Å². The van der Waals surface area contributed by atoms with Gasteiger partial charge in [-0.1, -0.05) is 29.8 Å². The first-order valence-electron chi connectivity index (χ1n) is 10.2. The Morgan fingerprint density at radius 1 is 1.22 bits per heavy atom. The van der Waals surface area contributed by atoms with Crippen molar-refractivity contribution in [3.63, 3.8) is 0 Å². The third kappa shape index (κ3) is 6.40. The van der Waals surface area contributed by atoms with E-state index in [9.17, 15) is 0 Å². The van der Waals surface area contributed by atoms with Crippen molar-refractivity contribution in [2.45, 2.75) is 32.1 Å². The predicted octanol–water partition coefficient (Wildman–Crippen LogP) is 2.60. The summed E-state index contributed by atoms with van der Waals surface area (Å²) in [6, 6.07) is 9.48. The lowest BCUT2D eigenvalue weighted by atomic mass is 10.2. The number of ether oxygens (including phenoxy) is 1. The summed E-state index contributed by atoms with van der Waals surface area (Å²) < 4.78 is 5.49. The Bertz CT molecular complexity index is 586. The summed E-state index contributed by atoms with van der Waals surface area (Å²) in [6.45, 7) is 12.2. The molecule has 2 fully saturated rings. The molecule has 1 N–H and O–H groups in total. The van der Waals surface area contributed by atoms with Gasteiger partial charge in [-0.15, -0.1) is 0 Å². The number of guanidine groups is 1. The second kappa shape index (κ2) is 10.9. The lowest BCUT2D eigenvalue weighted by Gasteiger charge is -2.32. The van der Waals surface area contributed by atoms with Gasteiger partial charge in [0.15, 0.2) is 5.96 Å². The molecule has 0 bridgehead atoms. The monoisotopic (exact) mass is 390 g/mol. The molecule has 5 nitrogen and oxygen atoms in total. The Labute approximate surface area is 168 Å². The zero-order valence-electron chi connectivity index (χ0n) is 16.8. The van der Waals surface area contributed by atoms with Gasteiger partial charge < -0.3 is 15.0 Å². The van der Waals surface area contributed by atoms with Crippen molar-refractivity contribution < 1.29 is 4.74 Å². The van der Waals surface area contributed by atoms with Gasteiger partial charge in [-0.2, -0.15) is 11.8 Å². The second-order valence-corrected chi connectivity index (χ2v) is 8.42. The van der Waals surface area contributed by atoms with Gasteiger partial charge in [0.25, 0.3) is 0 Å². The van der Waals surface area contributed by atoms with Gasteiger partial charge in [-0.25, -0.2) is 0 Å². The SMILES string of the molecule is CCNC(=NCCSCc1ccc(C)cc1)N1CCC(N2CCOCC2)C1. The molecule has 0 radical (unpaired) electrons. The second-order valence-electron chi connectivity index (χ2n) is 7.31. The minimum atomic E-state index is 0.647. The molecule has 1 aromatic carbocycles. The van der Waals surface area contributed by atoms with E-state index in [4.69, 9.17) is 9.73 Å². The van der Waals surface area contributed by atoms with E-state index >= 15 is 0 Å². The molecular formula is C21H34N4OS. The maximum Gasteiger partial charge on any atom is 0.193 e. The lowest BCUT2D eigenvalue weighted by molar-refractivity contribution is 0.0195. The molecule has 0 saturated carbocycles. The number of rotatable bonds is 7. The first-order chi connectivity index (χ1) is 13.3. The van der Waals surface area contributed by atoms with E-state index in [-0.39, 0.29) is 0 Å².